The van der Waals surface area contributed by atoms with Crippen LogP contribution in [0.3, 0.4) is 0 Å². The van der Waals surface area contributed by atoms with Gasteiger partial charge in [0, 0.05) is 61.4 Å². The summed E-state index contributed by atoms with van der Waals surface area (Å²) in [5.74, 6) is 1.67. The van der Waals surface area contributed by atoms with Crippen molar-refractivity contribution < 1.29 is 9.47 Å². The van der Waals surface area contributed by atoms with Crippen LogP contribution in [0, 0.1) is 11.8 Å². The van der Waals surface area contributed by atoms with Crippen molar-refractivity contribution in [2.75, 3.05) is 51.8 Å². The molecule has 3 aliphatic heterocycles. The van der Waals surface area contributed by atoms with Gasteiger partial charge in [-0.2, -0.15) is 0 Å². The van der Waals surface area contributed by atoms with Gasteiger partial charge in [0.2, 0.25) is 0 Å². The second-order valence-electron chi connectivity index (χ2n) is 8.48. The Morgan fingerprint density at radius 2 is 1.90 bits per heavy atom. The van der Waals surface area contributed by atoms with E-state index in [0.717, 1.165) is 57.1 Å². The van der Waals surface area contributed by atoms with Gasteiger partial charge in [0.25, 0.3) is 5.56 Å². The Morgan fingerprint density at radius 1 is 1.07 bits per heavy atom. The summed E-state index contributed by atoms with van der Waals surface area (Å²) in [6.45, 7) is 6.67. The fraction of sp³-hybridized carbons (Fsp3) is 0.571. The van der Waals surface area contributed by atoms with Crippen molar-refractivity contribution in [2.24, 2.45) is 11.8 Å². The van der Waals surface area contributed by atoms with Crippen LogP contribution in [-0.4, -0.2) is 65.5 Å². The third-order valence-corrected chi connectivity index (χ3v) is 6.21. The molecule has 2 N–H and O–H groups in total. The zero-order valence-electron chi connectivity index (χ0n) is 16.5. The minimum atomic E-state index is 0.0448. The first kappa shape index (κ1) is 18.7. The van der Waals surface area contributed by atoms with Crippen LogP contribution in [0.4, 0.5) is 5.82 Å². The molecule has 0 amide bonds. The average molecular weight is 397 g/mol. The van der Waals surface area contributed by atoms with E-state index >= 15 is 0 Å². The molecule has 0 aliphatic carbocycles. The summed E-state index contributed by atoms with van der Waals surface area (Å²) in [7, 11) is 0. The van der Waals surface area contributed by atoms with E-state index in [1.54, 1.807) is 12.1 Å². The molecule has 0 radical (unpaired) electrons. The maximum absolute atomic E-state index is 12.9. The Hall–Kier alpha value is -2.29. The standard InChI is InChI=1S/C21H27N5O3/c22-20-6-18(23-13-24-20)16-4-19-17-3-14(9-26(19)21(27)5-16)7-25(10-17)8-15-11-28-1-2-29-12-15/h4-6,13-15,17H,1-3,7-12H2,(H2,22,23,24)/t14-,17+/m0/s1. The van der Waals surface area contributed by atoms with Crippen LogP contribution < -0.4 is 11.3 Å². The van der Waals surface area contributed by atoms with Crippen molar-refractivity contribution in [3.05, 3.63) is 40.6 Å². The highest BCUT2D eigenvalue weighted by atomic mass is 16.5. The normalized spacial score (nSPS) is 25.4. The first-order valence-corrected chi connectivity index (χ1v) is 10.4. The molecule has 0 spiro atoms. The SMILES string of the molecule is Nc1cc(-c2cc3n(c(=O)c2)C[C@H]2C[C@@H]3CN(CC3COCCOC3)C2)ncn1. The Labute approximate surface area is 169 Å². The number of fused-ring (bicyclic) bond motifs is 4. The fourth-order valence-electron chi connectivity index (χ4n) is 5.02. The number of anilines is 1. The minimum Gasteiger partial charge on any atom is -0.384 e. The number of nitrogen functional groups attached to an aromatic ring is 1. The van der Waals surface area contributed by atoms with Crippen LogP contribution >= 0.6 is 0 Å². The van der Waals surface area contributed by atoms with E-state index in [-0.39, 0.29) is 5.56 Å². The van der Waals surface area contributed by atoms with Crippen LogP contribution in [0.2, 0.25) is 0 Å². The van der Waals surface area contributed by atoms with Crippen molar-refractivity contribution in [1.29, 1.82) is 0 Å². The molecule has 8 heteroatoms. The molecule has 2 aromatic heterocycles. The Morgan fingerprint density at radius 3 is 2.69 bits per heavy atom. The smallest absolute Gasteiger partial charge is 0.251 e. The number of nitrogens with zero attached hydrogens (tertiary/aromatic N) is 4. The van der Waals surface area contributed by atoms with Gasteiger partial charge in [-0.05, 0) is 18.4 Å². The second kappa shape index (κ2) is 7.85. The lowest BCUT2D eigenvalue weighted by atomic mass is 9.82. The van der Waals surface area contributed by atoms with E-state index in [0.29, 0.717) is 42.5 Å². The van der Waals surface area contributed by atoms with Gasteiger partial charge in [0.1, 0.15) is 12.1 Å². The lowest BCUT2D eigenvalue weighted by Crippen LogP contribution is -2.48. The molecule has 0 saturated carbocycles. The molecule has 5 heterocycles. The monoisotopic (exact) mass is 397 g/mol. The Balaban J connectivity index is 1.40. The van der Waals surface area contributed by atoms with Crippen LogP contribution in [0.15, 0.2) is 29.3 Å². The molecule has 2 bridgehead atoms. The number of likely N-dealkylation sites (tertiary alicyclic amines) is 1. The summed E-state index contributed by atoms with van der Waals surface area (Å²) >= 11 is 0. The topological polar surface area (TPSA) is 95.5 Å². The van der Waals surface area contributed by atoms with Gasteiger partial charge in [0.05, 0.1) is 32.1 Å². The molecule has 5 rings (SSSR count). The van der Waals surface area contributed by atoms with E-state index < -0.39 is 0 Å². The molecule has 154 valence electrons. The van der Waals surface area contributed by atoms with Crippen molar-refractivity contribution >= 4 is 5.82 Å². The van der Waals surface area contributed by atoms with E-state index in [1.807, 2.05) is 4.57 Å². The van der Waals surface area contributed by atoms with Gasteiger partial charge in [0.15, 0.2) is 0 Å². The van der Waals surface area contributed by atoms with E-state index in [4.69, 9.17) is 15.2 Å². The highest BCUT2D eigenvalue weighted by Crippen LogP contribution is 2.36. The van der Waals surface area contributed by atoms with Crippen molar-refractivity contribution in [1.82, 2.24) is 19.4 Å². The van der Waals surface area contributed by atoms with Crippen molar-refractivity contribution in [3.63, 3.8) is 0 Å². The minimum absolute atomic E-state index is 0.0448. The molecule has 2 aromatic rings. The molecular weight excluding hydrogens is 370 g/mol. The highest BCUT2D eigenvalue weighted by Gasteiger charge is 2.35. The number of hydrogen-bond donors (Lipinski definition) is 1. The first-order chi connectivity index (χ1) is 14.2. The highest BCUT2D eigenvalue weighted by molar-refractivity contribution is 5.61. The summed E-state index contributed by atoms with van der Waals surface area (Å²) in [5.41, 5.74) is 8.48. The van der Waals surface area contributed by atoms with Crippen LogP contribution in [0.5, 0.6) is 0 Å². The van der Waals surface area contributed by atoms with Gasteiger partial charge in [-0.15, -0.1) is 0 Å². The average Bonchev–Trinajstić information content (AvgIpc) is 2.97. The predicted octanol–water partition coefficient (Wildman–Crippen LogP) is 0.970. The molecule has 0 aromatic carbocycles. The molecule has 2 saturated heterocycles. The van der Waals surface area contributed by atoms with Crippen LogP contribution in [0.25, 0.3) is 11.3 Å². The summed E-state index contributed by atoms with van der Waals surface area (Å²) in [6.07, 6.45) is 2.57. The number of nitrogens with two attached hydrogens (primary N) is 1. The van der Waals surface area contributed by atoms with Gasteiger partial charge in [-0.3, -0.25) is 4.79 Å². The lowest BCUT2D eigenvalue weighted by Gasteiger charge is -2.43. The molecule has 3 aliphatic rings. The number of ether oxygens (including phenoxy) is 2. The maximum Gasteiger partial charge on any atom is 0.251 e. The number of hydrogen-bond acceptors (Lipinski definition) is 7. The lowest BCUT2D eigenvalue weighted by molar-refractivity contribution is 0.0649. The predicted molar refractivity (Wildman–Crippen MR) is 109 cm³/mol. The number of pyridine rings is 1. The molecule has 29 heavy (non-hydrogen) atoms. The van der Waals surface area contributed by atoms with Crippen LogP contribution in [0.1, 0.15) is 18.0 Å². The largest absolute Gasteiger partial charge is 0.384 e. The second-order valence-corrected chi connectivity index (χ2v) is 8.48. The fourth-order valence-corrected chi connectivity index (χ4v) is 5.02. The Bertz CT molecular complexity index is 938. The molecule has 8 nitrogen and oxygen atoms in total. The summed E-state index contributed by atoms with van der Waals surface area (Å²) in [5, 5.41) is 0. The van der Waals surface area contributed by atoms with Gasteiger partial charge >= 0.3 is 0 Å². The molecule has 0 unspecified atom stereocenters. The van der Waals surface area contributed by atoms with Gasteiger partial charge in [-0.25, -0.2) is 9.97 Å². The van der Waals surface area contributed by atoms with Crippen molar-refractivity contribution in [3.8, 4) is 11.3 Å². The summed E-state index contributed by atoms with van der Waals surface area (Å²) < 4.78 is 13.3. The number of aromatic nitrogens is 3. The summed E-state index contributed by atoms with van der Waals surface area (Å²) in [6, 6.07) is 5.51. The zero-order chi connectivity index (χ0) is 19.8. The molecule has 2 atom stereocenters. The van der Waals surface area contributed by atoms with E-state index in [2.05, 4.69) is 20.9 Å². The van der Waals surface area contributed by atoms with Gasteiger partial charge in [-0.1, -0.05) is 0 Å². The number of rotatable bonds is 3. The quantitative estimate of drug-likeness (QED) is 0.824. The van der Waals surface area contributed by atoms with Crippen molar-refractivity contribution in [2.45, 2.75) is 18.9 Å². The third-order valence-electron chi connectivity index (χ3n) is 6.21. The summed E-state index contributed by atoms with van der Waals surface area (Å²) in [4.78, 5) is 23.6. The Kier molecular flexibility index (Phi) is 5.07. The van der Waals surface area contributed by atoms with Gasteiger partial charge < -0.3 is 24.7 Å². The zero-order valence-corrected chi connectivity index (χ0v) is 16.5. The maximum atomic E-state index is 12.9. The third kappa shape index (κ3) is 3.92. The first-order valence-electron chi connectivity index (χ1n) is 10.4. The number of piperidine rings is 1. The molecule has 2 fully saturated rings. The molecular formula is C21H27N5O3. The van der Waals surface area contributed by atoms with E-state index in [1.165, 1.54) is 6.33 Å². The van der Waals surface area contributed by atoms with Crippen LogP contribution in [-0.2, 0) is 16.0 Å². The van der Waals surface area contributed by atoms with E-state index in [9.17, 15) is 4.79 Å².